The van der Waals surface area contributed by atoms with Gasteiger partial charge in [0.05, 0.1) is 13.0 Å². The van der Waals surface area contributed by atoms with Crippen molar-refractivity contribution in [3.63, 3.8) is 0 Å². The average Bonchev–Trinajstić information content (AvgIpc) is 2.91. The third-order valence-corrected chi connectivity index (χ3v) is 4.05. The Morgan fingerprint density at radius 3 is 2.71 bits per heavy atom. The molecule has 0 spiro atoms. The number of nitrogens with one attached hydrogen (secondary N) is 1. The maximum absolute atomic E-state index is 11.8. The number of nitrogens with zero attached hydrogens (tertiary/aromatic N) is 1. The van der Waals surface area contributed by atoms with Gasteiger partial charge in [-0.1, -0.05) is 18.2 Å². The Labute approximate surface area is 143 Å². The Hall–Kier alpha value is -1.85. The Kier molecular flexibility index (Phi) is 6.02. The molecule has 0 saturated carbocycles. The van der Waals surface area contributed by atoms with Crippen LogP contribution in [0, 0.1) is 0 Å². The molecule has 132 valence electrons. The van der Waals surface area contributed by atoms with Gasteiger partial charge in [0, 0.05) is 29.7 Å². The molecule has 1 atom stereocenters. The highest BCUT2D eigenvalue weighted by Gasteiger charge is 2.20. The van der Waals surface area contributed by atoms with Gasteiger partial charge in [-0.2, -0.15) is 0 Å². The highest BCUT2D eigenvalue weighted by Crippen LogP contribution is 2.20. The number of hydrogen-bond donors (Lipinski definition) is 2. The number of benzene rings is 1. The number of carbonyl (C=O) groups excluding carboxylic acids is 1. The number of H-pyrrole nitrogens is 1. The molecule has 2 N–H and O–H groups in total. The van der Waals surface area contributed by atoms with E-state index in [0.717, 1.165) is 11.9 Å². The van der Waals surface area contributed by atoms with E-state index in [0.29, 0.717) is 13.0 Å². The highest BCUT2D eigenvalue weighted by molar-refractivity contribution is 5.83. The number of likely N-dealkylation sites (N-methyl/N-ethyl adjacent to an activating group) is 1. The number of aromatic nitrogens is 1. The van der Waals surface area contributed by atoms with Gasteiger partial charge >= 0.3 is 5.97 Å². The SMILES string of the molecule is CN(CCC(=O)OC(C)(C)C)[C@@H](CO)Cc1c[nH]c2ccccc12. The van der Waals surface area contributed by atoms with E-state index in [1.165, 1.54) is 10.9 Å². The van der Waals surface area contributed by atoms with E-state index in [9.17, 15) is 9.90 Å². The minimum atomic E-state index is -0.462. The summed E-state index contributed by atoms with van der Waals surface area (Å²) in [6, 6.07) is 8.10. The molecule has 0 amide bonds. The summed E-state index contributed by atoms with van der Waals surface area (Å²) in [5, 5.41) is 10.9. The van der Waals surface area contributed by atoms with Gasteiger partial charge in [0.1, 0.15) is 5.60 Å². The van der Waals surface area contributed by atoms with Gasteiger partial charge in [0.15, 0.2) is 0 Å². The predicted octanol–water partition coefficient (Wildman–Crippen LogP) is 2.73. The monoisotopic (exact) mass is 332 g/mol. The van der Waals surface area contributed by atoms with Crippen LogP contribution in [0.25, 0.3) is 10.9 Å². The molecule has 24 heavy (non-hydrogen) atoms. The largest absolute Gasteiger partial charge is 0.460 e. The van der Waals surface area contributed by atoms with Crippen LogP contribution in [0.4, 0.5) is 0 Å². The molecule has 0 fully saturated rings. The van der Waals surface area contributed by atoms with Crippen LogP contribution < -0.4 is 0 Å². The average molecular weight is 332 g/mol. The van der Waals surface area contributed by atoms with E-state index in [1.54, 1.807) is 0 Å². The molecule has 0 radical (unpaired) electrons. The normalized spacial score (nSPS) is 13.4. The van der Waals surface area contributed by atoms with Crippen molar-refractivity contribution in [2.45, 2.75) is 45.3 Å². The molecule has 0 aliphatic carbocycles. The van der Waals surface area contributed by atoms with Gasteiger partial charge in [-0.3, -0.25) is 4.79 Å². The summed E-state index contributed by atoms with van der Waals surface area (Å²) in [5.74, 6) is -0.210. The maximum Gasteiger partial charge on any atom is 0.307 e. The van der Waals surface area contributed by atoms with Crippen LogP contribution in [0.2, 0.25) is 0 Å². The second-order valence-electron chi connectivity index (χ2n) is 7.22. The first-order chi connectivity index (χ1) is 11.3. The fraction of sp³-hybridized carbons (Fsp3) is 0.526. The highest BCUT2D eigenvalue weighted by atomic mass is 16.6. The smallest absolute Gasteiger partial charge is 0.307 e. The summed E-state index contributed by atoms with van der Waals surface area (Å²) in [7, 11) is 1.93. The number of rotatable bonds is 7. The molecule has 5 heteroatoms. The standard InChI is InChI=1S/C19H28N2O3/c1-19(2,3)24-18(23)9-10-21(4)15(13-22)11-14-12-20-17-8-6-5-7-16(14)17/h5-8,12,15,20,22H,9-11,13H2,1-4H3/t15-/m1/s1. The van der Waals surface area contributed by atoms with Crippen molar-refractivity contribution >= 4 is 16.9 Å². The quantitative estimate of drug-likeness (QED) is 0.765. The van der Waals surface area contributed by atoms with Crippen molar-refractivity contribution in [1.82, 2.24) is 9.88 Å². The Morgan fingerprint density at radius 2 is 2.04 bits per heavy atom. The fourth-order valence-electron chi connectivity index (χ4n) is 2.76. The van der Waals surface area contributed by atoms with Crippen LogP contribution >= 0.6 is 0 Å². The molecule has 0 saturated heterocycles. The molecule has 0 aliphatic heterocycles. The van der Waals surface area contributed by atoms with Crippen LogP contribution in [0.15, 0.2) is 30.5 Å². The van der Waals surface area contributed by atoms with E-state index in [1.807, 2.05) is 57.1 Å². The first-order valence-corrected chi connectivity index (χ1v) is 8.38. The second-order valence-corrected chi connectivity index (χ2v) is 7.22. The number of esters is 1. The Morgan fingerprint density at radius 1 is 1.33 bits per heavy atom. The van der Waals surface area contributed by atoms with Crippen molar-refractivity contribution in [2.24, 2.45) is 0 Å². The minimum absolute atomic E-state index is 0.0355. The van der Waals surface area contributed by atoms with Crippen molar-refractivity contribution < 1.29 is 14.6 Å². The fourth-order valence-corrected chi connectivity index (χ4v) is 2.76. The van der Waals surface area contributed by atoms with E-state index < -0.39 is 5.60 Å². The van der Waals surface area contributed by atoms with Crippen LogP contribution in [-0.4, -0.2) is 52.8 Å². The maximum atomic E-state index is 11.8. The lowest BCUT2D eigenvalue weighted by Crippen LogP contribution is -2.38. The van der Waals surface area contributed by atoms with Crippen molar-refractivity contribution in [3.8, 4) is 0 Å². The molecular formula is C19H28N2O3. The number of para-hydroxylation sites is 1. The molecule has 1 aromatic carbocycles. The van der Waals surface area contributed by atoms with E-state index in [2.05, 4.69) is 11.1 Å². The summed E-state index contributed by atoms with van der Waals surface area (Å²) in [6.45, 7) is 6.19. The lowest BCUT2D eigenvalue weighted by Gasteiger charge is -2.27. The van der Waals surface area contributed by atoms with Crippen LogP contribution in [0.5, 0.6) is 0 Å². The molecule has 2 aromatic rings. The topological polar surface area (TPSA) is 65.6 Å². The van der Waals surface area contributed by atoms with Gasteiger partial charge in [-0.15, -0.1) is 0 Å². The Balaban J connectivity index is 1.94. The third-order valence-electron chi connectivity index (χ3n) is 4.05. The van der Waals surface area contributed by atoms with Crippen molar-refractivity contribution in [1.29, 1.82) is 0 Å². The number of aliphatic hydroxyl groups is 1. The van der Waals surface area contributed by atoms with Crippen LogP contribution in [-0.2, 0) is 16.0 Å². The third kappa shape index (κ3) is 5.08. The van der Waals surface area contributed by atoms with E-state index in [-0.39, 0.29) is 18.6 Å². The first-order valence-electron chi connectivity index (χ1n) is 8.38. The van der Waals surface area contributed by atoms with Gasteiger partial charge in [0.25, 0.3) is 0 Å². The molecule has 5 nitrogen and oxygen atoms in total. The number of hydrogen-bond acceptors (Lipinski definition) is 4. The van der Waals surface area contributed by atoms with Gasteiger partial charge in [-0.05, 0) is 45.9 Å². The first kappa shape index (κ1) is 18.5. The Bertz CT molecular complexity index is 673. The van der Waals surface area contributed by atoms with E-state index in [4.69, 9.17) is 4.74 Å². The molecule has 2 rings (SSSR count). The zero-order valence-corrected chi connectivity index (χ0v) is 15.0. The molecule has 0 aliphatic rings. The van der Waals surface area contributed by atoms with Crippen molar-refractivity contribution in [2.75, 3.05) is 20.2 Å². The van der Waals surface area contributed by atoms with Crippen LogP contribution in [0.1, 0.15) is 32.8 Å². The summed E-state index contributed by atoms with van der Waals surface area (Å²) in [4.78, 5) is 17.1. The number of ether oxygens (including phenoxy) is 1. The molecule has 1 aromatic heterocycles. The van der Waals surface area contributed by atoms with Crippen LogP contribution in [0.3, 0.4) is 0 Å². The number of carbonyl (C=O) groups is 1. The molecule has 1 heterocycles. The van der Waals surface area contributed by atoms with Gasteiger partial charge in [-0.25, -0.2) is 0 Å². The minimum Gasteiger partial charge on any atom is -0.460 e. The molecule has 0 unspecified atom stereocenters. The number of aliphatic hydroxyl groups excluding tert-OH is 1. The van der Waals surface area contributed by atoms with E-state index >= 15 is 0 Å². The molecule has 0 bridgehead atoms. The summed E-state index contributed by atoms with van der Waals surface area (Å²) in [6.07, 6.45) is 3.04. The summed E-state index contributed by atoms with van der Waals surface area (Å²) >= 11 is 0. The van der Waals surface area contributed by atoms with Gasteiger partial charge < -0.3 is 19.7 Å². The number of aromatic amines is 1. The second kappa shape index (κ2) is 7.81. The lowest BCUT2D eigenvalue weighted by atomic mass is 10.0. The zero-order valence-electron chi connectivity index (χ0n) is 15.0. The number of fused-ring (bicyclic) bond motifs is 1. The van der Waals surface area contributed by atoms with Crippen molar-refractivity contribution in [3.05, 3.63) is 36.0 Å². The lowest BCUT2D eigenvalue weighted by molar-refractivity contribution is -0.155. The zero-order chi connectivity index (χ0) is 17.7. The summed E-state index contributed by atoms with van der Waals surface area (Å²) < 4.78 is 5.33. The molecular weight excluding hydrogens is 304 g/mol. The predicted molar refractivity (Wildman–Crippen MR) is 96.0 cm³/mol. The van der Waals surface area contributed by atoms with Gasteiger partial charge in [0.2, 0.25) is 0 Å². The summed E-state index contributed by atoms with van der Waals surface area (Å²) in [5.41, 5.74) is 1.81.